The highest BCUT2D eigenvalue weighted by Crippen LogP contribution is 2.23. The van der Waals surface area contributed by atoms with Gasteiger partial charge in [-0.3, -0.25) is 4.79 Å². The van der Waals surface area contributed by atoms with Crippen LogP contribution in [0.5, 0.6) is 5.75 Å². The minimum atomic E-state index is -1.47. The lowest BCUT2D eigenvalue weighted by Gasteiger charge is -2.12. The van der Waals surface area contributed by atoms with Crippen LogP contribution < -0.4 is 28.2 Å². The average molecular weight is 353 g/mol. The Kier molecular flexibility index (Phi) is 9.01. The summed E-state index contributed by atoms with van der Waals surface area (Å²) in [5.74, 6) is 0.490. The van der Waals surface area contributed by atoms with Crippen molar-refractivity contribution in [3.63, 3.8) is 0 Å². The van der Waals surface area contributed by atoms with Crippen molar-refractivity contribution in [2.24, 2.45) is 0 Å². The summed E-state index contributed by atoms with van der Waals surface area (Å²) in [5.41, 5.74) is 5.27. The van der Waals surface area contributed by atoms with Gasteiger partial charge < -0.3 is 28.2 Å². The zero-order valence-corrected chi connectivity index (χ0v) is 14.1. The lowest BCUT2D eigenvalue weighted by molar-refractivity contribution is -0.400. The van der Waals surface area contributed by atoms with E-state index in [0.717, 1.165) is 18.4 Å². The molecule has 6 heteroatoms. The molecule has 2 aromatic carbocycles. The van der Waals surface area contributed by atoms with E-state index in [1.807, 2.05) is 18.2 Å². The summed E-state index contributed by atoms with van der Waals surface area (Å²) < 4.78 is 19.3. The number of ether oxygens (including phenoxy) is 1. The van der Waals surface area contributed by atoms with Gasteiger partial charge in [0.25, 0.3) is 6.36 Å². The maximum atomic E-state index is 14.0. The van der Waals surface area contributed by atoms with Gasteiger partial charge in [-0.2, -0.15) is 4.39 Å². The number of benzene rings is 2. The quantitative estimate of drug-likeness (QED) is 0.451. The fourth-order valence-electron chi connectivity index (χ4n) is 2.07. The molecule has 4 nitrogen and oxygen atoms in total. The van der Waals surface area contributed by atoms with Crippen LogP contribution in [-0.2, 0) is 11.3 Å². The first kappa shape index (κ1) is 20.1. The van der Waals surface area contributed by atoms with Gasteiger partial charge in [0.15, 0.2) is 6.29 Å². The Balaban J connectivity index is 0.00000288. The molecule has 2 rings (SSSR count). The molecule has 0 heterocycles. The molecule has 0 radical (unpaired) electrons. The van der Waals surface area contributed by atoms with Gasteiger partial charge in [0.1, 0.15) is 11.8 Å². The summed E-state index contributed by atoms with van der Waals surface area (Å²) in [7, 11) is 0. The molecule has 2 aromatic rings. The molecule has 0 aliphatic heterocycles. The van der Waals surface area contributed by atoms with Crippen molar-refractivity contribution in [3.8, 4) is 5.75 Å². The number of quaternary nitrogens is 1. The molecule has 0 saturated heterocycles. The molecule has 0 fully saturated rings. The standard InChI is InChI=1S/C18H21FN2O2.ClH/c19-18(15-4-2-1-3-5-15)23-17-8-6-14(7-9-17)12-21-11-10-16(20)13-22;/h1-9,13,16,18,21H,10-12,20H2;1H. The van der Waals surface area contributed by atoms with Gasteiger partial charge in [-0.1, -0.05) is 42.5 Å². The van der Waals surface area contributed by atoms with Crippen LogP contribution in [0.4, 0.5) is 4.39 Å². The van der Waals surface area contributed by atoms with Gasteiger partial charge in [0, 0.05) is 25.1 Å². The topological polar surface area (TPSA) is 66.0 Å². The molecule has 0 aromatic heterocycles. The normalized spacial score (nSPS) is 12.8. The molecular formula is C18H22ClFN2O2. The first-order valence-corrected chi connectivity index (χ1v) is 7.62. The Labute approximate surface area is 147 Å². The van der Waals surface area contributed by atoms with Gasteiger partial charge in [0.05, 0.1) is 0 Å². The molecule has 2 unspecified atom stereocenters. The van der Waals surface area contributed by atoms with Gasteiger partial charge in [-0.15, -0.1) is 0 Å². The van der Waals surface area contributed by atoms with Crippen LogP contribution >= 0.6 is 0 Å². The predicted molar refractivity (Wildman–Crippen MR) is 86.4 cm³/mol. The van der Waals surface area contributed by atoms with Crippen LogP contribution in [-0.4, -0.2) is 18.9 Å². The Morgan fingerprint density at radius 1 is 1.12 bits per heavy atom. The number of rotatable bonds is 9. The summed E-state index contributed by atoms with van der Waals surface area (Å²) in [5, 5.41) is 3.24. The Morgan fingerprint density at radius 3 is 2.42 bits per heavy atom. The van der Waals surface area contributed by atoms with E-state index in [9.17, 15) is 9.18 Å². The van der Waals surface area contributed by atoms with E-state index < -0.39 is 6.36 Å². The fraction of sp³-hybridized carbons (Fsp3) is 0.278. The second-order valence-electron chi connectivity index (χ2n) is 5.35. The Bertz CT molecular complexity index is 596. The number of aldehydes is 1. The Hall–Kier alpha value is -1.95. The summed E-state index contributed by atoms with van der Waals surface area (Å²) in [6.07, 6.45) is 0.0941. The minimum absolute atomic E-state index is 0. The number of halogens is 2. The smallest absolute Gasteiger partial charge is 0.264 e. The first-order chi connectivity index (χ1) is 11.2. The third-order valence-electron chi connectivity index (χ3n) is 3.44. The monoisotopic (exact) mass is 352 g/mol. The fourth-order valence-corrected chi connectivity index (χ4v) is 2.07. The van der Waals surface area contributed by atoms with E-state index in [0.29, 0.717) is 24.3 Å². The molecule has 0 aliphatic carbocycles. The number of hydrogen-bond acceptors (Lipinski definition) is 3. The second kappa shape index (κ2) is 10.8. The largest absolute Gasteiger partial charge is 1.00 e. The van der Waals surface area contributed by atoms with E-state index in [1.54, 1.807) is 36.4 Å². The van der Waals surface area contributed by atoms with Crippen molar-refractivity contribution in [2.75, 3.05) is 6.54 Å². The van der Waals surface area contributed by atoms with Crippen molar-refractivity contribution >= 4 is 6.29 Å². The highest BCUT2D eigenvalue weighted by atomic mass is 35.5. The van der Waals surface area contributed by atoms with Crippen LogP contribution in [0.1, 0.15) is 23.9 Å². The second-order valence-corrected chi connectivity index (χ2v) is 5.35. The molecule has 0 aliphatic rings. The third kappa shape index (κ3) is 6.66. The lowest BCUT2D eigenvalue weighted by atomic mass is 10.2. The van der Waals surface area contributed by atoms with Crippen molar-refractivity contribution in [1.29, 1.82) is 0 Å². The molecule has 130 valence electrons. The average Bonchev–Trinajstić information content (AvgIpc) is 2.60. The summed E-state index contributed by atoms with van der Waals surface area (Å²) >= 11 is 0. The maximum Gasteiger partial charge on any atom is 0.264 e. The van der Waals surface area contributed by atoms with Crippen LogP contribution in [0, 0.1) is 0 Å². The highest BCUT2D eigenvalue weighted by molar-refractivity contribution is 5.54. The molecule has 24 heavy (non-hydrogen) atoms. The van der Waals surface area contributed by atoms with E-state index >= 15 is 0 Å². The molecule has 0 spiro atoms. The molecule has 4 N–H and O–H groups in total. The van der Waals surface area contributed by atoms with E-state index in [4.69, 9.17) is 4.74 Å². The molecule has 0 bridgehead atoms. The van der Waals surface area contributed by atoms with Gasteiger partial charge in [-0.05, 0) is 17.7 Å². The van der Waals surface area contributed by atoms with Crippen molar-refractivity contribution in [1.82, 2.24) is 5.32 Å². The van der Waals surface area contributed by atoms with Crippen molar-refractivity contribution in [3.05, 3.63) is 65.7 Å². The van der Waals surface area contributed by atoms with Crippen molar-refractivity contribution in [2.45, 2.75) is 25.4 Å². The minimum Gasteiger partial charge on any atom is -1.00 e. The number of carbonyl (C=O) groups is 1. The SMILES string of the molecule is [Cl-].[NH3+]C(C=O)CCNCc1ccc(OC(F)c2ccccc2)cc1. The lowest BCUT2D eigenvalue weighted by Crippen LogP contribution is -3.00. The van der Waals surface area contributed by atoms with Crippen LogP contribution in [0.25, 0.3) is 0 Å². The van der Waals surface area contributed by atoms with Crippen molar-refractivity contribution < 1.29 is 32.1 Å². The summed E-state index contributed by atoms with van der Waals surface area (Å²) in [4.78, 5) is 10.5. The summed E-state index contributed by atoms with van der Waals surface area (Å²) in [6.45, 7) is 1.41. The molecule has 0 amide bonds. The predicted octanol–water partition coefficient (Wildman–Crippen LogP) is -0.973. The van der Waals surface area contributed by atoms with Gasteiger partial charge in [0.2, 0.25) is 0 Å². The number of hydrogen-bond donors (Lipinski definition) is 2. The zero-order chi connectivity index (χ0) is 16.5. The van der Waals surface area contributed by atoms with Gasteiger partial charge >= 0.3 is 0 Å². The Morgan fingerprint density at radius 2 is 1.79 bits per heavy atom. The van der Waals surface area contributed by atoms with E-state index in [-0.39, 0.29) is 18.4 Å². The first-order valence-electron chi connectivity index (χ1n) is 7.62. The van der Waals surface area contributed by atoms with Crippen LogP contribution in [0.15, 0.2) is 54.6 Å². The van der Waals surface area contributed by atoms with Crippen LogP contribution in [0.3, 0.4) is 0 Å². The van der Waals surface area contributed by atoms with Gasteiger partial charge in [-0.25, -0.2) is 0 Å². The number of alkyl halides is 1. The van der Waals surface area contributed by atoms with Crippen LogP contribution in [0.2, 0.25) is 0 Å². The third-order valence-corrected chi connectivity index (χ3v) is 3.44. The zero-order valence-electron chi connectivity index (χ0n) is 13.3. The molecule has 2 atom stereocenters. The molecule has 0 saturated carbocycles. The molecular weight excluding hydrogens is 331 g/mol. The maximum absolute atomic E-state index is 14.0. The van der Waals surface area contributed by atoms with E-state index in [2.05, 4.69) is 11.1 Å². The number of nitrogens with one attached hydrogen (secondary N) is 1. The van der Waals surface area contributed by atoms with E-state index in [1.165, 1.54) is 0 Å². The number of carbonyl (C=O) groups excluding carboxylic acids is 1. The summed E-state index contributed by atoms with van der Waals surface area (Å²) in [6, 6.07) is 15.9. The highest BCUT2D eigenvalue weighted by Gasteiger charge is 2.10.